The van der Waals surface area contributed by atoms with E-state index in [1.54, 1.807) is 18.2 Å². The van der Waals surface area contributed by atoms with Crippen molar-refractivity contribution in [3.8, 4) is 0 Å². The van der Waals surface area contributed by atoms with Gasteiger partial charge in [0, 0.05) is 38.1 Å². The van der Waals surface area contributed by atoms with E-state index in [-0.39, 0.29) is 19.1 Å². The molecule has 2 aromatic rings. The number of aryl methyl sites for hydroxylation is 1. The van der Waals surface area contributed by atoms with Crippen molar-refractivity contribution in [1.82, 2.24) is 4.57 Å². The molecular weight excluding hydrogens is 507 g/mol. The first-order valence-electron chi connectivity index (χ1n) is 13.3. The standard InChI is InChI=1S/C30H34F3N3O3/c1-3-14-39-28-13-10-22(21-8-11-24(12-9-21)30(31,32)33)16-26(28)29(38)35-34-17-20(19-37)15-23-18-36(2)27-7-5-4-6-25(23)27/h5,7-13,16,18,20,26,28,37H,3-4,6,14-15,17,19H2,1-2H3. The molecule has 2 aliphatic carbocycles. The fourth-order valence-electron chi connectivity index (χ4n) is 4.99. The number of hydrogen-bond donors (Lipinski definition) is 1. The SMILES string of the molecule is CCCOC1C=CC(c2ccc(C(F)(F)F)cc2)=CC1C(=O)N=NCC(CO)Cc1cn(C)c2c1CCC=C2. The summed E-state index contributed by atoms with van der Waals surface area (Å²) in [5.74, 6) is -1.44. The summed E-state index contributed by atoms with van der Waals surface area (Å²) < 4.78 is 46.8. The highest BCUT2D eigenvalue weighted by atomic mass is 19.4. The molecule has 0 fully saturated rings. The lowest BCUT2D eigenvalue weighted by molar-refractivity contribution is -0.137. The van der Waals surface area contributed by atoms with E-state index in [2.05, 4.69) is 33.1 Å². The maximum atomic E-state index is 13.1. The number of rotatable bonds is 10. The first kappa shape index (κ1) is 28.7. The molecule has 0 aliphatic heterocycles. The average molecular weight is 542 g/mol. The molecule has 208 valence electrons. The minimum absolute atomic E-state index is 0.0842. The molecular formula is C30H34F3N3O3. The van der Waals surface area contributed by atoms with Crippen LogP contribution >= 0.6 is 0 Å². The molecule has 0 bridgehead atoms. The van der Waals surface area contributed by atoms with Gasteiger partial charge in [0.2, 0.25) is 0 Å². The summed E-state index contributed by atoms with van der Waals surface area (Å²) in [6, 6.07) is 4.82. The van der Waals surface area contributed by atoms with Crippen LogP contribution in [0.5, 0.6) is 0 Å². The molecule has 1 aromatic carbocycles. The number of benzene rings is 1. The summed E-state index contributed by atoms with van der Waals surface area (Å²) in [7, 11) is 2.01. The lowest BCUT2D eigenvalue weighted by Crippen LogP contribution is -2.29. The second kappa shape index (κ2) is 12.7. The quantitative estimate of drug-likeness (QED) is 0.364. The Bertz CT molecular complexity index is 1270. The van der Waals surface area contributed by atoms with Crippen molar-refractivity contribution >= 4 is 17.6 Å². The molecule has 0 spiro atoms. The van der Waals surface area contributed by atoms with E-state index >= 15 is 0 Å². The Morgan fingerprint density at radius 1 is 1.23 bits per heavy atom. The van der Waals surface area contributed by atoms with Crippen LogP contribution in [0, 0.1) is 11.8 Å². The number of carbonyl (C=O) groups is 1. The summed E-state index contributed by atoms with van der Waals surface area (Å²) >= 11 is 0. The average Bonchev–Trinajstić information content (AvgIpc) is 3.25. The molecule has 3 unspecified atom stereocenters. The van der Waals surface area contributed by atoms with E-state index in [4.69, 9.17) is 4.74 Å². The van der Waals surface area contributed by atoms with Crippen molar-refractivity contribution in [2.24, 2.45) is 29.1 Å². The van der Waals surface area contributed by atoms with Crippen LogP contribution in [0.15, 0.2) is 65.0 Å². The van der Waals surface area contributed by atoms with Crippen molar-refractivity contribution in [3.63, 3.8) is 0 Å². The molecule has 1 aromatic heterocycles. The Morgan fingerprint density at radius 3 is 2.69 bits per heavy atom. The molecule has 0 saturated carbocycles. The molecule has 0 radical (unpaired) electrons. The summed E-state index contributed by atoms with van der Waals surface area (Å²) in [5, 5.41) is 18.1. The van der Waals surface area contributed by atoms with Gasteiger partial charge in [-0.2, -0.15) is 18.3 Å². The Kier molecular flexibility index (Phi) is 9.35. The van der Waals surface area contributed by atoms with Crippen molar-refractivity contribution in [2.75, 3.05) is 19.8 Å². The maximum Gasteiger partial charge on any atom is 0.416 e. The number of hydrogen-bond acceptors (Lipinski definition) is 4. The first-order valence-corrected chi connectivity index (χ1v) is 13.3. The van der Waals surface area contributed by atoms with Gasteiger partial charge in [0.05, 0.1) is 24.1 Å². The Labute approximate surface area is 226 Å². The van der Waals surface area contributed by atoms with Crippen molar-refractivity contribution in [2.45, 2.75) is 44.9 Å². The number of ether oxygens (including phenoxy) is 1. The van der Waals surface area contributed by atoms with Gasteiger partial charge in [-0.05, 0) is 66.2 Å². The van der Waals surface area contributed by atoms with E-state index in [9.17, 15) is 23.1 Å². The van der Waals surface area contributed by atoms with Crippen LogP contribution in [0.25, 0.3) is 11.6 Å². The number of alkyl halides is 3. The van der Waals surface area contributed by atoms with Gasteiger partial charge < -0.3 is 14.4 Å². The molecule has 6 nitrogen and oxygen atoms in total. The fraction of sp³-hybridized carbons (Fsp3) is 0.433. The lowest BCUT2D eigenvalue weighted by atomic mass is 9.89. The van der Waals surface area contributed by atoms with Crippen LogP contribution < -0.4 is 0 Å². The summed E-state index contributed by atoms with van der Waals surface area (Å²) in [5.41, 5.74) is 4.09. The minimum Gasteiger partial charge on any atom is -0.396 e. The third-order valence-corrected chi connectivity index (χ3v) is 7.06. The molecule has 1 N–H and O–H groups in total. The van der Waals surface area contributed by atoms with E-state index in [1.165, 1.54) is 29.0 Å². The van der Waals surface area contributed by atoms with Crippen LogP contribution in [-0.4, -0.2) is 41.4 Å². The zero-order valence-corrected chi connectivity index (χ0v) is 22.2. The van der Waals surface area contributed by atoms with Gasteiger partial charge in [0.25, 0.3) is 5.91 Å². The van der Waals surface area contributed by atoms with Gasteiger partial charge in [-0.25, -0.2) is 0 Å². The largest absolute Gasteiger partial charge is 0.416 e. The number of azo groups is 1. The molecule has 0 saturated heterocycles. The van der Waals surface area contributed by atoms with Crippen molar-refractivity contribution in [1.29, 1.82) is 0 Å². The number of carbonyl (C=O) groups excluding carboxylic acids is 1. The predicted octanol–water partition coefficient (Wildman–Crippen LogP) is 6.20. The highest BCUT2D eigenvalue weighted by Gasteiger charge is 2.31. The van der Waals surface area contributed by atoms with E-state index in [1.807, 2.05) is 14.0 Å². The Hall–Kier alpha value is -3.30. The number of halogens is 3. The number of aromatic nitrogens is 1. The smallest absolute Gasteiger partial charge is 0.396 e. The summed E-state index contributed by atoms with van der Waals surface area (Å²) in [6.45, 7) is 2.52. The first-order chi connectivity index (χ1) is 18.7. The topological polar surface area (TPSA) is 76.2 Å². The molecule has 4 rings (SSSR count). The van der Waals surface area contributed by atoms with Crippen molar-refractivity contribution < 1.29 is 27.8 Å². The van der Waals surface area contributed by atoms with Crippen LogP contribution in [0.4, 0.5) is 13.2 Å². The van der Waals surface area contributed by atoms with Crippen LogP contribution in [0.2, 0.25) is 0 Å². The highest BCUT2D eigenvalue weighted by Crippen LogP contribution is 2.32. The third-order valence-electron chi connectivity index (χ3n) is 7.06. The Morgan fingerprint density at radius 2 is 2.00 bits per heavy atom. The number of allylic oxidation sites excluding steroid dienone is 3. The number of amides is 1. The normalized spacial score (nSPS) is 19.8. The highest BCUT2D eigenvalue weighted by molar-refractivity contribution is 5.87. The number of fused-ring (bicyclic) bond motifs is 1. The molecule has 39 heavy (non-hydrogen) atoms. The summed E-state index contributed by atoms with van der Waals surface area (Å²) in [4.78, 5) is 13.1. The minimum atomic E-state index is -4.42. The van der Waals surface area contributed by atoms with Gasteiger partial charge in [-0.3, -0.25) is 4.79 Å². The van der Waals surface area contributed by atoms with E-state index < -0.39 is 29.7 Å². The Balaban J connectivity index is 1.46. The monoisotopic (exact) mass is 541 g/mol. The van der Waals surface area contributed by atoms with Gasteiger partial charge in [0.15, 0.2) is 0 Å². The molecule has 1 amide bonds. The van der Waals surface area contributed by atoms with Crippen molar-refractivity contribution in [3.05, 3.63) is 82.7 Å². The summed E-state index contributed by atoms with van der Waals surface area (Å²) in [6.07, 6.45) is 9.91. The van der Waals surface area contributed by atoms with Crippen LogP contribution in [-0.2, 0) is 35.6 Å². The maximum absolute atomic E-state index is 13.1. The second-order valence-electron chi connectivity index (χ2n) is 10.0. The number of nitrogens with zero attached hydrogens (tertiary/aromatic N) is 3. The van der Waals surface area contributed by atoms with Gasteiger partial charge >= 0.3 is 6.18 Å². The zero-order valence-electron chi connectivity index (χ0n) is 22.2. The van der Waals surface area contributed by atoms with Crippen LogP contribution in [0.1, 0.15) is 47.7 Å². The zero-order chi connectivity index (χ0) is 28.0. The van der Waals surface area contributed by atoms with Gasteiger partial charge in [0.1, 0.15) is 0 Å². The molecule has 3 atom stereocenters. The molecule has 2 aliphatic rings. The molecule has 1 heterocycles. The number of aliphatic hydroxyl groups is 1. The van der Waals surface area contributed by atoms with Gasteiger partial charge in [-0.1, -0.05) is 43.4 Å². The number of aliphatic hydroxyl groups excluding tert-OH is 1. The van der Waals surface area contributed by atoms with Crippen LogP contribution in [0.3, 0.4) is 0 Å². The van der Waals surface area contributed by atoms with Gasteiger partial charge in [-0.15, -0.1) is 5.11 Å². The molecule has 9 heteroatoms. The predicted molar refractivity (Wildman–Crippen MR) is 144 cm³/mol. The van der Waals surface area contributed by atoms with E-state index in [0.717, 1.165) is 31.4 Å². The third kappa shape index (κ3) is 7.02. The second-order valence-corrected chi connectivity index (χ2v) is 10.0. The van der Waals surface area contributed by atoms with E-state index in [0.29, 0.717) is 24.2 Å². The fourth-order valence-corrected chi connectivity index (χ4v) is 4.99. The lowest BCUT2D eigenvalue weighted by Gasteiger charge is -2.24.